The van der Waals surface area contributed by atoms with E-state index < -0.39 is 0 Å². The second-order valence-corrected chi connectivity index (χ2v) is 6.71. The molecule has 0 radical (unpaired) electrons. The summed E-state index contributed by atoms with van der Waals surface area (Å²) in [5.74, 6) is 0.996. The van der Waals surface area contributed by atoms with Gasteiger partial charge in [0.15, 0.2) is 0 Å². The quantitative estimate of drug-likeness (QED) is 0.855. The highest BCUT2D eigenvalue weighted by atomic mass is 79.9. The van der Waals surface area contributed by atoms with Gasteiger partial charge in [0.25, 0.3) is 0 Å². The van der Waals surface area contributed by atoms with Gasteiger partial charge in [-0.2, -0.15) is 0 Å². The van der Waals surface area contributed by atoms with E-state index in [4.69, 9.17) is 4.74 Å². The summed E-state index contributed by atoms with van der Waals surface area (Å²) in [6, 6.07) is 4.64. The number of hydrogen-bond acceptors (Lipinski definition) is 3. The van der Waals surface area contributed by atoms with Crippen LogP contribution in [0.5, 0.6) is 5.75 Å². The van der Waals surface area contributed by atoms with Crippen LogP contribution in [0, 0.1) is 0 Å². The van der Waals surface area contributed by atoms with Crippen molar-refractivity contribution in [3.63, 3.8) is 0 Å². The first-order valence-electron chi connectivity index (χ1n) is 7.66. The van der Waals surface area contributed by atoms with E-state index in [1.807, 2.05) is 6.07 Å². The van der Waals surface area contributed by atoms with Crippen LogP contribution in [0.15, 0.2) is 16.6 Å². The summed E-state index contributed by atoms with van der Waals surface area (Å²) in [4.78, 5) is 11.9. The van der Waals surface area contributed by atoms with E-state index in [0.29, 0.717) is 19.1 Å². The van der Waals surface area contributed by atoms with Gasteiger partial charge in [0.05, 0.1) is 13.2 Å². The molecule has 2 aliphatic rings. The highest BCUT2D eigenvalue weighted by molar-refractivity contribution is 9.10. The van der Waals surface area contributed by atoms with Crippen molar-refractivity contribution in [1.82, 2.24) is 10.6 Å². The molecule has 0 spiro atoms. The minimum absolute atomic E-state index is 0.0497. The molecule has 21 heavy (non-hydrogen) atoms. The maximum absolute atomic E-state index is 11.9. The van der Waals surface area contributed by atoms with E-state index in [-0.39, 0.29) is 5.91 Å². The van der Waals surface area contributed by atoms with E-state index in [1.165, 1.54) is 31.2 Å². The average Bonchev–Trinajstić information content (AvgIpc) is 3.13. The monoisotopic (exact) mass is 352 g/mol. The van der Waals surface area contributed by atoms with E-state index in [1.54, 1.807) is 0 Å². The molecule has 1 amide bonds. The number of carbonyl (C=O) groups excluding carboxylic acids is 1. The van der Waals surface area contributed by atoms with Gasteiger partial charge in [-0.3, -0.25) is 4.79 Å². The molecule has 1 aliphatic carbocycles. The van der Waals surface area contributed by atoms with Gasteiger partial charge in [0.2, 0.25) is 5.91 Å². The summed E-state index contributed by atoms with van der Waals surface area (Å²) in [6.07, 6.45) is 5.89. The van der Waals surface area contributed by atoms with Crippen molar-refractivity contribution in [3.8, 4) is 5.75 Å². The van der Waals surface area contributed by atoms with Crippen LogP contribution in [0.2, 0.25) is 0 Å². The number of hydrogen-bond donors (Lipinski definition) is 2. The number of fused-ring (bicyclic) bond motifs is 1. The maximum Gasteiger partial charge on any atom is 0.234 e. The number of rotatable bonds is 5. The van der Waals surface area contributed by atoms with Crippen molar-refractivity contribution in [2.75, 3.05) is 13.2 Å². The first-order valence-corrected chi connectivity index (χ1v) is 8.46. The predicted molar refractivity (Wildman–Crippen MR) is 85.4 cm³/mol. The number of nitrogens with one attached hydrogen (secondary N) is 2. The summed E-state index contributed by atoms with van der Waals surface area (Å²) >= 11 is 3.52. The Hall–Kier alpha value is -1.07. The third-order valence-corrected chi connectivity index (χ3v) is 4.67. The van der Waals surface area contributed by atoms with Gasteiger partial charge in [-0.15, -0.1) is 0 Å². The lowest BCUT2D eigenvalue weighted by molar-refractivity contribution is -0.120. The molecular formula is C16H21BrN2O2. The number of halogens is 1. The van der Waals surface area contributed by atoms with Gasteiger partial charge in [0, 0.05) is 29.0 Å². The van der Waals surface area contributed by atoms with Gasteiger partial charge >= 0.3 is 0 Å². The second kappa shape index (κ2) is 6.79. The van der Waals surface area contributed by atoms with Crippen molar-refractivity contribution in [2.24, 2.45) is 0 Å². The van der Waals surface area contributed by atoms with Crippen LogP contribution in [0.1, 0.15) is 36.8 Å². The molecule has 1 aromatic carbocycles. The molecule has 0 saturated heterocycles. The molecule has 114 valence electrons. The van der Waals surface area contributed by atoms with E-state index in [0.717, 1.165) is 28.8 Å². The third-order valence-electron chi connectivity index (χ3n) is 4.21. The zero-order chi connectivity index (χ0) is 14.7. The fourth-order valence-corrected chi connectivity index (χ4v) is 3.65. The van der Waals surface area contributed by atoms with Crippen LogP contribution in [0.4, 0.5) is 0 Å². The fraction of sp³-hybridized carbons (Fsp3) is 0.562. The summed E-state index contributed by atoms with van der Waals surface area (Å²) < 4.78 is 6.71. The summed E-state index contributed by atoms with van der Waals surface area (Å²) in [7, 11) is 0. The summed E-state index contributed by atoms with van der Waals surface area (Å²) in [5.41, 5.74) is 2.27. The molecule has 0 aromatic heterocycles. The van der Waals surface area contributed by atoms with Gasteiger partial charge in [0.1, 0.15) is 5.75 Å². The first kappa shape index (κ1) is 14.9. The molecule has 1 fully saturated rings. The number of amides is 1. The standard InChI is InChI=1S/C16H21BrN2O2/c17-13-7-11-5-6-21-16(11)12(8-13)9-19-15(20)10-18-14-3-1-2-4-14/h7-8,14,18H,1-6,9-10H2,(H,19,20). The normalized spacial score (nSPS) is 17.6. The second-order valence-electron chi connectivity index (χ2n) is 5.79. The SMILES string of the molecule is O=C(CNC1CCCC1)NCc1cc(Br)cc2c1OCC2. The fourth-order valence-electron chi connectivity index (χ4n) is 3.10. The van der Waals surface area contributed by atoms with Crippen LogP contribution < -0.4 is 15.4 Å². The average molecular weight is 353 g/mol. The Labute approximate surface area is 133 Å². The Bertz CT molecular complexity index is 527. The van der Waals surface area contributed by atoms with Gasteiger partial charge < -0.3 is 15.4 Å². The smallest absolute Gasteiger partial charge is 0.234 e. The van der Waals surface area contributed by atoms with Crippen LogP contribution in [-0.2, 0) is 17.8 Å². The molecule has 0 unspecified atom stereocenters. The maximum atomic E-state index is 11.9. The van der Waals surface area contributed by atoms with Gasteiger partial charge in [-0.1, -0.05) is 28.8 Å². The Morgan fingerprint density at radius 1 is 1.33 bits per heavy atom. The van der Waals surface area contributed by atoms with E-state index in [2.05, 4.69) is 32.6 Å². The number of ether oxygens (including phenoxy) is 1. The molecule has 0 atom stereocenters. The molecule has 4 nitrogen and oxygen atoms in total. The molecule has 5 heteroatoms. The van der Waals surface area contributed by atoms with Crippen molar-refractivity contribution < 1.29 is 9.53 Å². The Balaban J connectivity index is 1.51. The topological polar surface area (TPSA) is 50.4 Å². The zero-order valence-corrected chi connectivity index (χ0v) is 13.7. The Morgan fingerprint density at radius 3 is 2.95 bits per heavy atom. The van der Waals surface area contributed by atoms with Crippen molar-refractivity contribution >= 4 is 21.8 Å². The van der Waals surface area contributed by atoms with E-state index >= 15 is 0 Å². The zero-order valence-electron chi connectivity index (χ0n) is 12.1. The van der Waals surface area contributed by atoms with Crippen molar-refractivity contribution in [2.45, 2.75) is 44.7 Å². The van der Waals surface area contributed by atoms with Gasteiger partial charge in [-0.25, -0.2) is 0 Å². The molecule has 3 rings (SSSR count). The largest absolute Gasteiger partial charge is 0.493 e. The van der Waals surface area contributed by atoms with Gasteiger partial charge in [-0.05, 0) is 30.5 Å². The van der Waals surface area contributed by atoms with Crippen LogP contribution in [-0.4, -0.2) is 25.1 Å². The van der Waals surface area contributed by atoms with Crippen molar-refractivity contribution in [1.29, 1.82) is 0 Å². The Kier molecular flexibility index (Phi) is 4.80. The van der Waals surface area contributed by atoms with Crippen LogP contribution in [0.25, 0.3) is 0 Å². The highest BCUT2D eigenvalue weighted by Crippen LogP contribution is 2.32. The Morgan fingerprint density at radius 2 is 2.14 bits per heavy atom. The lowest BCUT2D eigenvalue weighted by atomic mass is 10.1. The molecule has 1 saturated carbocycles. The first-order chi connectivity index (χ1) is 10.2. The minimum Gasteiger partial charge on any atom is -0.493 e. The summed E-state index contributed by atoms with van der Waals surface area (Å²) in [5, 5.41) is 6.31. The lowest BCUT2D eigenvalue weighted by Crippen LogP contribution is -2.37. The predicted octanol–water partition coefficient (Wildman–Crippen LogP) is 2.53. The summed E-state index contributed by atoms with van der Waals surface area (Å²) in [6.45, 7) is 1.66. The molecular weight excluding hydrogens is 332 g/mol. The van der Waals surface area contributed by atoms with E-state index in [9.17, 15) is 4.79 Å². The number of carbonyl (C=O) groups is 1. The molecule has 1 heterocycles. The molecule has 1 aromatic rings. The van der Waals surface area contributed by atoms with Crippen molar-refractivity contribution in [3.05, 3.63) is 27.7 Å². The van der Waals surface area contributed by atoms with Crippen LogP contribution in [0.3, 0.4) is 0 Å². The third kappa shape index (κ3) is 3.77. The molecule has 2 N–H and O–H groups in total. The van der Waals surface area contributed by atoms with Crippen LogP contribution >= 0.6 is 15.9 Å². The lowest BCUT2D eigenvalue weighted by Gasteiger charge is -2.13. The number of benzene rings is 1. The molecule has 0 bridgehead atoms. The minimum atomic E-state index is 0.0497. The molecule has 1 aliphatic heterocycles. The highest BCUT2D eigenvalue weighted by Gasteiger charge is 2.18.